The van der Waals surface area contributed by atoms with Crippen molar-refractivity contribution in [2.24, 2.45) is 0 Å². The van der Waals surface area contributed by atoms with E-state index in [1.807, 2.05) is 36.4 Å². The zero-order valence-corrected chi connectivity index (χ0v) is 24.1. The summed E-state index contributed by atoms with van der Waals surface area (Å²) < 4.78 is 0. The van der Waals surface area contributed by atoms with Crippen molar-refractivity contribution in [2.45, 2.75) is 78.1 Å². The Morgan fingerprint density at radius 1 is 0.526 bits per heavy atom. The smallest absolute Gasteiger partial charge is 0.194 e. The maximum absolute atomic E-state index is 13.5. The van der Waals surface area contributed by atoms with Crippen molar-refractivity contribution in [3.8, 4) is 20.9 Å². The van der Waals surface area contributed by atoms with Gasteiger partial charge in [0.15, 0.2) is 11.6 Å². The van der Waals surface area contributed by atoms with Gasteiger partial charge in [-0.05, 0) is 95.1 Å². The van der Waals surface area contributed by atoms with Crippen LogP contribution in [0.3, 0.4) is 0 Å². The molecule has 0 fully saturated rings. The third kappa shape index (κ3) is 5.77. The number of aryl methyl sites for hydroxylation is 2. The van der Waals surface area contributed by atoms with E-state index >= 15 is 0 Å². The molecule has 0 saturated heterocycles. The van der Waals surface area contributed by atoms with Crippen molar-refractivity contribution in [2.75, 3.05) is 0 Å². The molecule has 0 amide bonds. The van der Waals surface area contributed by atoms with Gasteiger partial charge in [0.2, 0.25) is 0 Å². The predicted molar refractivity (Wildman–Crippen MR) is 162 cm³/mol. The number of thiophene rings is 2. The molecule has 0 N–H and O–H groups in total. The van der Waals surface area contributed by atoms with Crippen LogP contribution < -0.4 is 0 Å². The summed E-state index contributed by atoms with van der Waals surface area (Å²) >= 11 is 3.44. The van der Waals surface area contributed by atoms with Gasteiger partial charge in [-0.25, -0.2) is 0 Å². The van der Waals surface area contributed by atoms with Crippen LogP contribution in [0.1, 0.15) is 108 Å². The van der Waals surface area contributed by atoms with Crippen molar-refractivity contribution >= 4 is 34.2 Å². The molecule has 2 aromatic carbocycles. The molecule has 2 nitrogen and oxygen atoms in total. The molecule has 0 aliphatic heterocycles. The first-order valence-corrected chi connectivity index (χ1v) is 15.9. The first-order valence-electron chi connectivity index (χ1n) is 14.1. The van der Waals surface area contributed by atoms with Crippen LogP contribution >= 0.6 is 22.7 Å². The number of rotatable bonds is 12. The Morgan fingerprint density at radius 3 is 1.39 bits per heavy atom. The molecule has 0 atom stereocenters. The van der Waals surface area contributed by atoms with Crippen LogP contribution in [0, 0.1) is 0 Å². The summed E-state index contributed by atoms with van der Waals surface area (Å²) in [5.41, 5.74) is 6.82. The zero-order chi connectivity index (χ0) is 26.5. The van der Waals surface area contributed by atoms with E-state index in [2.05, 4.69) is 36.7 Å². The number of fused-ring (bicyclic) bond motifs is 2. The van der Waals surface area contributed by atoms with Crippen LogP contribution in [0.25, 0.3) is 20.9 Å². The Morgan fingerprint density at radius 2 is 0.974 bits per heavy atom. The molecule has 1 aliphatic rings. The largest absolute Gasteiger partial charge is 0.289 e. The standard InChI is InChI=1S/C34H36O2S2/c1-3-5-7-9-11-23-17-31(37-21-23)25-13-15-27-29(19-25)33(35)28-16-14-26(20-30(28)34(27)36)32-18-24(22-38-32)12-10-8-6-4-2/h13-22H,3-12H2,1-2H3. The minimum Gasteiger partial charge on any atom is -0.289 e. The van der Waals surface area contributed by atoms with Crippen molar-refractivity contribution in [1.82, 2.24) is 0 Å². The van der Waals surface area contributed by atoms with E-state index < -0.39 is 0 Å². The summed E-state index contributed by atoms with van der Waals surface area (Å²) in [6.45, 7) is 4.47. The van der Waals surface area contributed by atoms with Gasteiger partial charge in [0, 0.05) is 32.0 Å². The van der Waals surface area contributed by atoms with E-state index in [4.69, 9.17) is 0 Å². The molecule has 5 rings (SSSR count). The summed E-state index contributed by atoms with van der Waals surface area (Å²) in [4.78, 5) is 29.4. The Kier molecular flexibility index (Phi) is 8.71. The molecule has 2 aromatic heterocycles. The van der Waals surface area contributed by atoms with Crippen molar-refractivity contribution < 1.29 is 9.59 Å². The third-order valence-corrected chi connectivity index (χ3v) is 9.59. The van der Waals surface area contributed by atoms with Crippen LogP contribution in [0.4, 0.5) is 0 Å². The number of benzene rings is 2. The van der Waals surface area contributed by atoms with Crippen molar-refractivity contribution in [3.05, 3.63) is 92.7 Å². The average molecular weight is 541 g/mol. The van der Waals surface area contributed by atoms with Gasteiger partial charge in [0.1, 0.15) is 0 Å². The van der Waals surface area contributed by atoms with Gasteiger partial charge in [0.25, 0.3) is 0 Å². The highest BCUT2D eigenvalue weighted by Gasteiger charge is 2.30. The molecule has 0 bridgehead atoms. The Balaban J connectivity index is 1.34. The average Bonchev–Trinajstić information content (AvgIpc) is 3.62. The molecule has 2 heterocycles. The van der Waals surface area contributed by atoms with E-state index in [1.165, 1.54) is 62.5 Å². The first kappa shape index (κ1) is 26.8. The molecule has 196 valence electrons. The molecule has 4 heteroatoms. The van der Waals surface area contributed by atoms with E-state index in [0.717, 1.165) is 33.7 Å². The first-order chi connectivity index (χ1) is 18.6. The number of carbonyl (C=O) groups excluding carboxylic acids is 2. The van der Waals surface area contributed by atoms with Crippen LogP contribution in [0.2, 0.25) is 0 Å². The van der Waals surface area contributed by atoms with Gasteiger partial charge in [-0.1, -0.05) is 64.5 Å². The Labute approximate surface area is 234 Å². The van der Waals surface area contributed by atoms with Crippen LogP contribution in [-0.2, 0) is 12.8 Å². The maximum atomic E-state index is 13.5. The lowest BCUT2D eigenvalue weighted by Gasteiger charge is -2.19. The van der Waals surface area contributed by atoms with Gasteiger partial charge in [0.05, 0.1) is 0 Å². The Bertz CT molecular complexity index is 1330. The summed E-state index contributed by atoms with van der Waals surface area (Å²) in [6.07, 6.45) is 12.2. The number of ketones is 2. The summed E-state index contributed by atoms with van der Waals surface area (Å²) in [5.74, 6) is -0.107. The van der Waals surface area contributed by atoms with Gasteiger partial charge in [-0.2, -0.15) is 0 Å². The molecule has 0 saturated carbocycles. The SMILES string of the molecule is CCCCCCc1csc(-c2ccc3c(c2)C(=O)c2ccc(-c4cc(CCCCCC)cs4)cc2C3=O)c1. The third-order valence-electron chi connectivity index (χ3n) is 7.53. The Hall–Kier alpha value is -2.82. The highest BCUT2D eigenvalue weighted by Crippen LogP contribution is 2.36. The maximum Gasteiger partial charge on any atom is 0.194 e. The van der Waals surface area contributed by atoms with E-state index in [-0.39, 0.29) is 11.6 Å². The molecule has 0 radical (unpaired) electrons. The number of hydrogen-bond acceptors (Lipinski definition) is 4. The summed E-state index contributed by atoms with van der Waals surface area (Å²) in [7, 11) is 0. The quantitative estimate of drug-likeness (QED) is 0.148. The lowest BCUT2D eigenvalue weighted by atomic mass is 9.82. The second kappa shape index (κ2) is 12.4. The normalized spacial score (nSPS) is 12.6. The van der Waals surface area contributed by atoms with Crippen LogP contribution in [0.5, 0.6) is 0 Å². The lowest BCUT2D eigenvalue weighted by Crippen LogP contribution is -2.20. The van der Waals surface area contributed by atoms with E-state index in [9.17, 15) is 9.59 Å². The highest BCUT2D eigenvalue weighted by atomic mass is 32.1. The van der Waals surface area contributed by atoms with Crippen LogP contribution in [0.15, 0.2) is 59.3 Å². The fraction of sp³-hybridized carbons (Fsp3) is 0.353. The van der Waals surface area contributed by atoms with E-state index in [1.54, 1.807) is 22.7 Å². The highest BCUT2D eigenvalue weighted by molar-refractivity contribution is 7.14. The zero-order valence-electron chi connectivity index (χ0n) is 22.5. The van der Waals surface area contributed by atoms with Gasteiger partial charge in [-0.3, -0.25) is 9.59 Å². The minimum absolute atomic E-state index is 0.0536. The summed E-state index contributed by atoms with van der Waals surface area (Å²) in [5, 5.41) is 4.46. The van der Waals surface area contributed by atoms with Gasteiger partial charge in [-0.15, -0.1) is 22.7 Å². The molecule has 38 heavy (non-hydrogen) atoms. The van der Waals surface area contributed by atoms with Crippen molar-refractivity contribution in [1.29, 1.82) is 0 Å². The number of carbonyl (C=O) groups is 2. The van der Waals surface area contributed by atoms with Gasteiger partial charge < -0.3 is 0 Å². The second-order valence-electron chi connectivity index (χ2n) is 10.4. The molecule has 4 aromatic rings. The summed E-state index contributed by atoms with van der Waals surface area (Å²) in [6, 6.07) is 16.0. The molecule has 0 spiro atoms. The lowest BCUT2D eigenvalue weighted by molar-refractivity contribution is 0.0979. The number of unbranched alkanes of at least 4 members (excludes halogenated alkanes) is 6. The van der Waals surface area contributed by atoms with E-state index in [0.29, 0.717) is 22.3 Å². The monoisotopic (exact) mass is 540 g/mol. The minimum atomic E-state index is -0.0536. The predicted octanol–water partition coefficient (Wildman–Crippen LogP) is 10.2. The molecule has 0 unspecified atom stereocenters. The number of hydrogen-bond donors (Lipinski definition) is 0. The molecular weight excluding hydrogens is 505 g/mol. The fourth-order valence-corrected chi connectivity index (χ4v) is 7.18. The van der Waals surface area contributed by atoms with Crippen LogP contribution in [-0.4, -0.2) is 11.6 Å². The molecule has 1 aliphatic carbocycles. The molecular formula is C34H36O2S2. The second-order valence-corrected chi connectivity index (χ2v) is 12.3. The fourth-order valence-electron chi connectivity index (χ4n) is 5.28. The van der Waals surface area contributed by atoms with Gasteiger partial charge >= 0.3 is 0 Å². The van der Waals surface area contributed by atoms with Crippen molar-refractivity contribution in [3.63, 3.8) is 0 Å². The topological polar surface area (TPSA) is 34.1 Å².